The Labute approximate surface area is 252 Å². The third-order valence-electron chi connectivity index (χ3n) is 7.95. The van der Waals surface area contributed by atoms with E-state index in [2.05, 4.69) is 0 Å². The van der Waals surface area contributed by atoms with Crippen LogP contribution in [0.4, 0.5) is 0 Å². The van der Waals surface area contributed by atoms with Crippen molar-refractivity contribution in [3.05, 3.63) is 51.6 Å². The molecular weight excluding hydrogens is 595 g/mol. The molecule has 0 aromatic heterocycles. The number of ketones is 3. The molecular formula is C29H30Cl2O11. The topological polar surface area (TPSA) is 166 Å². The Morgan fingerprint density at radius 2 is 1.74 bits per heavy atom. The Morgan fingerprint density at radius 1 is 1.07 bits per heavy atom. The maximum Gasteiger partial charge on any atom is 0.303 e. The Hall–Kier alpha value is -3.22. The number of alkyl halides is 1. The molecule has 2 aromatic carbocycles. The number of fused-ring (bicyclic) bond motifs is 3. The fraction of sp³-hybridized carbons (Fsp3) is 0.448. The summed E-state index contributed by atoms with van der Waals surface area (Å²) in [6.45, 7) is 4.05. The van der Waals surface area contributed by atoms with Gasteiger partial charge in [0.1, 0.15) is 29.0 Å². The zero-order chi connectivity index (χ0) is 30.0. The molecule has 1 fully saturated rings. The minimum absolute atomic E-state index is 0. The number of phenols is 2. The van der Waals surface area contributed by atoms with Crippen LogP contribution < -0.4 is 4.74 Å². The van der Waals surface area contributed by atoms with Gasteiger partial charge in [0.05, 0.1) is 41.4 Å². The fourth-order valence-electron chi connectivity index (χ4n) is 5.92. The number of carbonyl (C=O) groups excluding carboxylic acids is 4. The summed E-state index contributed by atoms with van der Waals surface area (Å²) >= 11 is 6.48. The fourth-order valence-corrected chi connectivity index (χ4v) is 6.32. The lowest BCUT2D eigenvalue weighted by Gasteiger charge is -2.42. The van der Waals surface area contributed by atoms with Gasteiger partial charge in [0, 0.05) is 42.9 Å². The summed E-state index contributed by atoms with van der Waals surface area (Å²) in [7, 11) is 1.33. The molecule has 1 saturated heterocycles. The standard InChI is InChI=1S/C29H29ClO11.ClH/c1-11-28(40-13(3)32)16(30)8-19(39-11)41-18-10-29(37,12(2)31)9-15-21(18)27(36)23-22(25(15)34)24(33)14-6-5-7-17(38-4)20(14)26(23)35;/h5-7,11,16,18-19,28,34,36-37H,8-10H2,1-4H3;1H/t11?,16?,18-,19?,28?,29-;/m0./s1. The molecule has 5 rings (SSSR count). The predicted octanol–water partition coefficient (Wildman–Crippen LogP) is 3.30. The number of phenolic OH excluding ortho intramolecular Hbond substituents is 2. The van der Waals surface area contributed by atoms with Crippen molar-refractivity contribution < 1.29 is 53.4 Å². The molecule has 13 heteroatoms. The van der Waals surface area contributed by atoms with Gasteiger partial charge in [0.15, 0.2) is 17.9 Å². The van der Waals surface area contributed by atoms with Crippen molar-refractivity contribution in [1.82, 2.24) is 0 Å². The molecule has 0 bridgehead atoms. The van der Waals surface area contributed by atoms with Crippen molar-refractivity contribution in [3.8, 4) is 17.2 Å². The zero-order valence-electron chi connectivity index (χ0n) is 23.1. The lowest BCUT2D eigenvalue weighted by Crippen LogP contribution is -2.49. The molecule has 2 aromatic rings. The number of rotatable bonds is 5. The van der Waals surface area contributed by atoms with Gasteiger partial charge in [-0.15, -0.1) is 24.0 Å². The first-order valence-corrected chi connectivity index (χ1v) is 13.4. The van der Waals surface area contributed by atoms with Gasteiger partial charge in [-0.25, -0.2) is 0 Å². The molecule has 0 saturated carbocycles. The first kappa shape index (κ1) is 31.7. The number of hydrogen-bond acceptors (Lipinski definition) is 11. The highest BCUT2D eigenvalue weighted by atomic mass is 35.5. The number of methoxy groups -OCH3 is 1. The smallest absolute Gasteiger partial charge is 0.303 e. The first-order chi connectivity index (χ1) is 19.3. The van der Waals surface area contributed by atoms with Crippen molar-refractivity contribution in [2.75, 3.05) is 7.11 Å². The van der Waals surface area contributed by atoms with Crippen molar-refractivity contribution >= 4 is 47.3 Å². The maximum absolute atomic E-state index is 13.7. The maximum atomic E-state index is 13.7. The molecule has 3 aliphatic rings. The van der Waals surface area contributed by atoms with Crippen LogP contribution in [0.25, 0.3) is 0 Å². The minimum Gasteiger partial charge on any atom is -0.507 e. The Bertz CT molecular complexity index is 1480. The largest absolute Gasteiger partial charge is 0.507 e. The van der Waals surface area contributed by atoms with Gasteiger partial charge in [0.2, 0.25) is 5.78 Å². The Morgan fingerprint density at radius 3 is 2.33 bits per heavy atom. The molecule has 3 N–H and O–H groups in total. The number of benzene rings is 2. The summed E-state index contributed by atoms with van der Waals surface area (Å²) in [6, 6.07) is 4.42. The molecule has 0 spiro atoms. The Kier molecular flexibility index (Phi) is 8.65. The van der Waals surface area contributed by atoms with Crippen LogP contribution in [0.1, 0.15) is 82.7 Å². The highest BCUT2D eigenvalue weighted by Gasteiger charge is 2.49. The Balaban J connectivity index is 0.00000405. The van der Waals surface area contributed by atoms with Crippen LogP contribution in [0, 0.1) is 0 Å². The van der Waals surface area contributed by atoms with Crippen LogP contribution in [-0.2, 0) is 30.2 Å². The van der Waals surface area contributed by atoms with Gasteiger partial charge >= 0.3 is 5.97 Å². The molecule has 42 heavy (non-hydrogen) atoms. The van der Waals surface area contributed by atoms with E-state index >= 15 is 0 Å². The number of esters is 1. The van der Waals surface area contributed by atoms with Gasteiger partial charge < -0.3 is 34.3 Å². The molecule has 0 radical (unpaired) electrons. The predicted molar refractivity (Wildman–Crippen MR) is 149 cm³/mol. The lowest BCUT2D eigenvalue weighted by atomic mass is 9.72. The van der Waals surface area contributed by atoms with Gasteiger partial charge in [-0.05, 0) is 19.9 Å². The molecule has 2 aliphatic carbocycles. The number of carbonyl (C=O) groups is 4. The van der Waals surface area contributed by atoms with Gasteiger partial charge in [0.25, 0.3) is 0 Å². The van der Waals surface area contributed by atoms with E-state index in [0.29, 0.717) is 0 Å². The third kappa shape index (κ3) is 5.03. The van der Waals surface area contributed by atoms with Crippen LogP contribution in [0.2, 0.25) is 0 Å². The summed E-state index contributed by atoms with van der Waals surface area (Å²) in [5, 5.41) is 33.5. The van der Waals surface area contributed by atoms with Crippen LogP contribution >= 0.6 is 24.0 Å². The third-order valence-corrected chi connectivity index (χ3v) is 8.38. The zero-order valence-corrected chi connectivity index (χ0v) is 24.7. The van der Waals surface area contributed by atoms with Crippen LogP contribution in [0.5, 0.6) is 17.2 Å². The molecule has 0 amide bonds. The van der Waals surface area contributed by atoms with E-state index in [1.165, 1.54) is 39.2 Å². The SMILES string of the molecule is COc1cccc2c1C(=O)c1c(O)c3c(c(O)c1C2=O)C[C@@](O)(C(C)=O)C[C@@H]3OC1CC(Cl)C(OC(C)=O)C(C)O1.Cl. The summed E-state index contributed by atoms with van der Waals surface area (Å²) in [4.78, 5) is 51.3. The number of halogens is 2. The van der Waals surface area contributed by atoms with E-state index in [0.717, 1.165) is 0 Å². The monoisotopic (exact) mass is 624 g/mol. The van der Waals surface area contributed by atoms with Gasteiger partial charge in [-0.3, -0.25) is 19.2 Å². The van der Waals surface area contributed by atoms with Crippen LogP contribution in [-0.4, -0.2) is 75.2 Å². The second-order valence-corrected chi connectivity index (χ2v) is 11.1. The van der Waals surface area contributed by atoms with E-state index in [-0.39, 0.29) is 53.3 Å². The van der Waals surface area contributed by atoms with Crippen molar-refractivity contribution in [3.63, 3.8) is 0 Å². The van der Waals surface area contributed by atoms with Crippen LogP contribution in [0.3, 0.4) is 0 Å². The van der Waals surface area contributed by atoms with E-state index in [1.807, 2.05) is 0 Å². The molecule has 11 nitrogen and oxygen atoms in total. The van der Waals surface area contributed by atoms with E-state index in [9.17, 15) is 34.5 Å². The number of ether oxygens (including phenoxy) is 4. The van der Waals surface area contributed by atoms with E-state index < -0.39 is 87.9 Å². The van der Waals surface area contributed by atoms with Crippen LogP contribution in [0.15, 0.2) is 18.2 Å². The average molecular weight is 625 g/mol. The number of Topliss-reactive ketones (excluding diaryl/α,β-unsaturated/α-hetero) is 1. The molecule has 1 aliphatic heterocycles. The lowest BCUT2D eigenvalue weighted by molar-refractivity contribution is -0.245. The minimum atomic E-state index is -2.03. The first-order valence-electron chi connectivity index (χ1n) is 13.0. The normalized spacial score (nSPS) is 28.1. The van der Waals surface area contributed by atoms with E-state index in [4.69, 9.17) is 30.5 Å². The summed E-state index contributed by atoms with van der Waals surface area (Å²) in [5.74, 6) is -3.80. The molecule has 4 unspecified atom stereocenters. The number of hydrogen-bond donors (Lipinski definition) is 3. The molecule has 1 heterocycles. The average Bonchev–Trinajstić information content (AvgIpc) is 2.90. The molecule has 226 valence electrons. The summed E-state index contributed by atoms with van der Waals surface area (Å²) < 4.78 is 22.6. The highest BCUT2D eigenvalue weighted by molar-refractivity contribution is 6.31. The summed E-state index contributed by atoms with van der Waals surface area (Å²) in [6.07, 6.45) is -4.51. The van der Waals surface area contributed by atoms with E-state index in [1.54, 1.807) is 6.92 Å². The quantitative estimate of drug-likeness (QED) is 0.216. The second-order valence-electron chi connectivity index (χ2n) is 10.6. The van der Waals surface area contributed by atoms with Crippen molar-refractivity contribution in [1.29, 1.82) is 0 Å². The van der Waals surface area contributed by atoms with Gasteiger partial charge in [-0.1, -0.05) is 12.1 Å². The van der Waals surface area contributed by atoms with Gasteiger partial charge in [-0.2, -0.15) is 0 Å². The number of aromatic hydroxyl groups is 2. The van der Waals surface area contributed by atoms with Crippen molar-refractivity contribution in [2.45, 2.75) is 75.6 Å². The summed E-state index contributed by atoms with van der Waals surface area (Å²) in [5.41, 5.74) is -3.16. The second kappa shape index (κ2) is 11.5. The highest BCUT2D eigenvalue weighted by Crippen LogP contribution is 2.52. The number of aliphatic hydroxyl groups is 1. The van der Waals surface area contributed by atoms with Crippen molar-refractivity contribution in [2.24, 2.45) is 0 Å². The molecule has 6 atom stereocenters.